The molecule has 0 fully saturated rings. The maximum absolute atomic E-state index is 5.69. The summed E-state index contributed by atoms with van der Waals surface area (Å²) in [4.78, 5) is 5.11. The van der Waals surface area contributed by atoms with Crippen LogP contribution < -0.4 is 9.47 Å². The van der Waals surface area contributed by atoms with Crippen LogP contribution in [0, 0.1) is 6.92 Å². The molecule has 4 nitrogen and oxygen atoms in total. The first kappa shape index (κ1) is 26.1. The van der Waals surface area contributed by atoms with E-state index in [9.17, 15) is 0 Å². The lowest BCUT2D eigenvalue weighted by Gasteiger charge is -2.30. The molecule has 192 valence electrons. The molecular weight excluding hydrogens is 444 g/mol. The van der Waals surface area contributed by atoms with Crippen molar-refractivity contribution in [2.45, 2.75) is 59.9 Å². The number of ether oxygens (including phenoxy) is 2. The van der Waals surface area contributed by atoms with Crippen LogP contribution in [0.25, 0.3) is 16.5 Å². The van der Waals surface area contributed by atoms with Gasteiger partial charge in [-0.1, -0.05) is 69.7 Å². The van der Waals surface area contributed by atoms with E-state index < -0.39 is 0 Å². The number of rotatable bonds is 13. The second-order valence-electron chi connectivity index (χ2n) is 9.74. The Hall–Kier alpha value is -2.98. The maximum atomic E-state index is 5.69. The van der Waals surface area contributed by atoms with Crippen LogP contribution in [0.5, 0.6) is 11.5 Å². The molecule has 1 aliphatic rings. The summed E-state index contributed by atoms with van der Waals surface area (Å²) in [7, 11) is 0. The van der Waals surface area contributed by atoms with Gasteiger partial charge in [-0.15, -0.1) is 0 Å². The second kappa shape index (κ2) is 12.8. The lowest BCUT2D eigenvalue weighted by atomic mass is 9.97. The van der Waals surface area contributed by atoms with Crippen molar-refractivity contribution in [2.24, 2.45) is 0 Å². The number of benzene rings is 3. The monoisotopic (exact) mass is 486 g/mol. The van der Waals surface area contributed by atoms with Gasteiger partial charge >= 0.3 is 0 Å². The molecule has 0 radical (unpaired) electrons. The lowest BCUT2D eigenvalue weighted by molar-refractivity contribution is 0.174. The summed E-state index contributed by atoms with van der Waals surface area (Å²) < 4.78 is 11.2. The van der Waals surface area contributed by atoms with Crippen LogP contribution in [0.3, 0.4) is 0 Å². The quantitative estimate of drug-likeness (QED) is 0.232. The number of allylic oxidation sites excluding steroid dienone is 1. The number of hydrogen-bond acceptors (Lipinski definition) is 4. The number of aryl methyl sites for hydroxylation is 1. The van der Waals surface area contributed by atoms with E-state index in [1.807, 2.05) is 6.07 Å². The van der Waals surface area contributed by atoms with Crippen molar-refractivity contribution < 1.29 is 9.47 Å². The predicted octanol–water partition coefficient (Wildman–Crippen LogP) is 7.64. The summed E-state index contributed by atoms with van der Waals surface area (Å²) in [6.07, 6.45) is 7.03. The standard InChI is InChI=1S/C32H42N2O2/c1-5-8-15-30(29-22-28-14-10-9-13-27(28)20-25(29)4)34(19-12-11-18-33(6-2)7-3)23-26-16-17-31-32(21-26)36-24-35-31/h9-10,13-17,20-22H,5-8,11-12,18-19,23-24H2,1-4H3. The fourth-order valence-electron chi connectivity index (χ4n) is 5.04. The summed E-state index contributed by atoms with van der Waals surface area (Å²) in [5.74, 6) is 1.70. The summed E-state index contributed by atoms with van der Waals surface area (Å²) in [5.41, 5.74) is 5.27. The minimum absolute atomic E-state index is 0.311. The van der Waals surface area contributed by atoms with Crippen LogP contribution in [0.1, 0.15) is 63.1 Å². The van der Waals surface area contributed by atoms with Gasteiger partial charge in [0, 0.05) is 24.4 Å². The van der Waals surface area contributed by atoms with E-state index in [2.05, 4.69) is 92.1 Å². The smallest absolute Gasteiger partial charge is 0.231 e. The number of nitrogens with zero attached hydrogens (tertiary/aromatic N) is 2. The van der Waals surface area contributed by atoms with E-state index >= 15 is 0 Å². The molecule has 3 aromatic carbocycles. The van der Waals surface area contributed by atoms with E-state index in [1.54, 1.807) is 0 Å². The third kappa shape index (κ3) is 6.41. The first-order chi connectivity index (χ1) is 17.6. The highest BCUT2D eigenvalue weighted by Gasteiger charge is 2.18. The van der Waals surface area contributed by atoms with Gasteiger partial charge in [0.15, 0.2) is 11.5 Å². The predicted molar refractivity (Wildman–Crippen MR) is 152 cm³/mol. The minimum atomic E-state index is 0.311. The highest BCUT2D eigenvalue weighted by Crippen LogP contribution is 2.34. The fourth-order valence-corrected chi connectivity index (χ4v) is 5.04. The SMILES string of the molecule is CCCC=C(c1cc2ccccc2cc1C)N(CCCCN(CC)CC)Cc1ccc2c(c1)OCO2. The first-order valence-corrected chi connectivity index (χ1v) is 13.7. The first-order valence-electron chi connectivity index (χ1n) is 13.7. The zero-order chi connectivity index (χ0) is 25.3. The van der Waals surface area contributed by atoms with Crippen LogP contribution in [0.15, 0.2) is 60.7 Å². The lowest BCUT2D eigenvalue weighted by Crippen LogP contribution is -2.27. The Morgan fingerprint density at radius 1 is 0.861 bits per heavy atom. The molecule has 0 saturated carbocycles. The van der Waals surface area contributed by atoms with E-state index in [0.29, 0.717) is 6.79 Å². The van der Waals surface area contributed by atoms with Crippen molar-refractivity contribution in [1.29, 1.82) is 0 Å². The van der Waals surface area contributed by atoms with Gasteiger partial charge in [0.1, 0.15) is 0 Å². The van der Waals surface area contributed by atoms with Crippen molar-refractivity contribution in [2.75, 3.05) is 33.0 Å². The normalized spacial score (nSPS) is 13.1. The maximum Gasteiger partial charge on any atom is 0.231 e. The van der Waals surface area contributed by atoms with E-state index in [4.69, 9.17) is 9.47 Å². The molecule has 0 bridgehead atoms. The van der Waals surface area contributed by atoms with Gasteiger partial charge in [-0.25, -0.2) is 0 Å². The van der Waals surface area contributed by atoms with Crippen molar-refractivity contribution in [1.82, 2.24) is 9.80 Å². The molecule has 0 N–H and O–H groups in total. The van der Waals surface area contributed by atoms with Crippen LogP contribution in [0.2, 0.25) is 0 Å². The Labute approximate surface area is 217 Å². The van der Waals surface area contributed by atoms with Crippen LogP contribution in [0.4, 0.5) is 0 Å². The Bertz CT molecular complexity index is 1170. The molecule has 0 amide bonds. The minimum Gasteiger partial charge on any atom is -0.454 e. The molecule has 4 heteroatoms. The summed E-state index contributed by atoms with van der Waals surface area (Å²) in [6, 6.07) is 19.8. The number of hydrogen-bond donors (Lipinski definition) is 0. The molecule has 36 heavy (non-hydrogen) atoms. The van der Waals surface area contributed by atoms with E-state index in [0.717, 1.165) is 63.5 Å². The van der Waals surface area contributed by atoms with Crippen LogP contribution in [-0.4, -0.2) is 42.8 Å². The van der Waals surface area contributed by atoms with Gasteiger partial charge in [-0.2, -0.15) is 0 Å². The Kier molecular flexibility index (Phi) is 9.29. The molecular formula is C32H42N2O2. The average Bonchev–Trinajstić information content (AvgIpc) is 3.37. The number of fused-ring (bicyclic) bond motifs is 2. The molecule has 0 aliphatic carbocycles. The average molecular weight is 487 g/mol. The highest BCUT2D eigenvalue weighted by atomic mass is 16.7. The topological polar surface area (TPSA) is 24.9 Å². The van der Waals surface area contributed by atoms with Gasteiger partial charge in [-0.3, -0.25) is 0 Å². The molecule has 4 rings (SSSR count). The highest BCUT2D eigenvalue weighted by molar-refractivity contribution is 5.87. The molecule has 1 heterocycles. The molecule has 0 atom stereocenters. The third-order valence-corrected chi connectivity index (χ3v) is 7.19. The molecule has 0 saturated heterocycles. The zero-order valence-electron chi connectivity index (χ0n) is 22.6. The Balaban J connectivity index is 1.65. The van der Waals surface area contributed by atoms with Crippen LogP contribution in [-0.2, 0) is 6.54 Å². The largest absolute Gasteiger partial charge is 0.454 e. The van der Waals surface area contributed by atoms with Gasteiger partial charge < -0.3 is 19.3 Å². The second-order valence-corrected chi connectivity index (χ2v) is 9.74. The molecule has 0 spiro atoms. The Morgan fingerprint density at radius 3 is 2.33 bits per heavy atom. The van der Waals surface area contributed by atoms with Crippen LogP contribution >= 0.6 is 0 Å². The molecule has 1 aliphatic heterocycles. The molecule has 3 aromatic rings. The summed E-state index contributed by atoms with van der Waals surface area (Å²) in [5, 5.41) is 2.60. The fraction of sp³-hybridized carbons (Fsp3) is 0.438. The van der Waals surface area contributed by atoms with Gasteiger partial charge in [0.05, 0.1) is 0 Å². The van der Waals surface area contributed by atoms with E-state index in [1.165, 1.54) is 39.6 Å². The summed E-state index contributed by atoms with van der Waals surface area (Å²) >= 11 is 0. The van der Waals surface area contributed by atoms with Crippen molar-refractivity contribution in [3.63, 3.8) is 0 Å². The van der Waals surface area contributed by atoms with Crippen molar-refractivity contribution >= 4 is 16.5 Å². The summed E-state index contributed by atoms with van der Waals surface area (Å²) in [6.45, 7) is 14.6. The van der Waals surface area contributed by atoms with Crippen molar-refractivity contribution in [3.8, 4) is 11.5 Å². The van der Waals surface area contributed by atoms with E-state index in [-0.39, 0.29) is 0 Å². The zero-order valence-corrected chi connectivity index (χ0v) is 22.6. The van der Waals surface area contributed by atoms with Crippen molar-refractivity contribution in [3.05, 3.63) is 77.4 Å². The number of unbranched alkanes of at least 4 members (excludes halogenated alkanes) is 2. The molecule has 0 aromatic heterocycles. The van der Waals surface area contributed by atoms with Gasteiger partial charge in [-0.05, 0) is 85.9 Å². The van der Waals surface area contributed by atoms with Gasteiger partial charge in [0.2, 0.25) is 6.79 Å². The third-order valence-electron chi connectivity index (χ3n) is 7.19. The molecule has 0 unspecified atom stereocenters. The van der Waals surface area contributed by atoms with Gasteiger partial charge in [0.25, 0.3) is 0 Å². The Morgan fingerprint density at radius 2 is 1.58 bits per heavy atom.